The average molecular weight is 190 g/mol. The standard InChI is InChI=1S/C11H7FO2/c12-7-10-9(6-11(13)14-10)8-4-2-1-3-5-8/h1-7H. The molecule has 1 aliphatic rings. The zero-order valence-corrected chi connectivity index (χ0v) is 7.24. The number of rotatable bonds is 1. The third-order valence-corrected chi connectivity index (χ3v) is 1.92. The van der Waals surface area contributed by atoms with Crippen LogP contribution in [0.25, 0.3) is 5.57 Å². The van der Waals surface area contributed by atoms with Crippen molar-refractivity contribution in [2.45, 2.75) is 0 Å². The Kier molecular flexibility index (Phi) is 2.14. The van der Waals surface area contributed by atoms with Gasteiger partial charge in [-0.15, -0.1) is 0 Å². The molecule has 0 atom stereocenters. The van der Waals surface area contributed by atoms with E-state index in [1.807, 2.05) is 18.2 Å². The van der Waals surface area contributed by atoms with Gasteiger partial charge in [0.1, 0.15) is 6.33 Å². The first-order chi connectivity index (χ1) is 6.81. The number of benzene rings is 1. The molecule has 1 aliphatic heterocycles. The molecule has 1 aromatic carbocycles. The van der Waals surface area contributed by atoms with Gasteiger partial charge in [-0.05, 0) is 5.56 Å². The van der Waals surface area contributed by atoms with Gasteiger partial charge in [-0.3, -0.25) is 0 Å². The van der Waals surface area contributed by atoms with Crippen molar-refractivity contribution in [2.75, 3.05) is 0 Å². The van der Waals surface area contributed by atoms with Crippen LogP contribution in [0, 0.1) is 0 Å². The Labute approximate surface area is 80.3 Å². The summed E-state index contributed by atoms with van der Waals surface area (Å²) in [6.45, 7) is 0. The van der Waals surface area contributed by atoms with E-state index >= 15 is 0 Å². The minimum atomic E-state index is -0.534. The summed E-state index contributed by atoms with van der Waals surface area (Å²) in [6, 6.07) is 9.05. The van der Waals surface area contributed by atoms with E-state index in [1.54, 1.807) is 12.1 Å². The van der Waals surface area contributed by atoms with E-state index in [4.69, 9.17) is 0 Å². The maximum atomic E-state index is 12.3. The van der Waals surface area contributed by atoms with Crippen molar-refractivity contribution in [1.29, 1.82) is 0 Å². The maximum absolute atomic E-state index is 12.3. The molecule has 0 amide bonds. The molecule has 1 aromatic rings. The smallest absolute Gasteiger partial charge is 0.337 e. The van der Waals surface area contributed by atoms with Crippen LogP contribution in [0.15, 0.2) is 48.5 Å². The summed E-state index contributed by atoms with van der Waals surface area (Å²) >= 11 is 0. The lowest BCUT2D eigenvalue weighted by molar-refractivity contribution is -0.132. The molecule has 0 fully saturated rings. The van der Waals surface area contributed by atoms with Crippen molar-refractivity contribution in [3.63, 3.8) is 0 Å². The van der Waals surface area contributed by atoms with E-state index in [0.29, 0.717) is 11.9 Å². The van der Waals surface area contributed by atoms with E-state index < -0.39 is 5.97 Å². The number of halogens is 1. The number of esters is 1. The molecule has 0 aromatic heterocycles. The van der Waals surface area contributed by atoms with Crippen LogP contribution < -0.4 is 0 Å². The van der Waals surface area contributed by atoms with Gasteiger partial charge in [0.25, 0.3) is 0 Å². The molecule has 70 valence electrons. The van der Waals surface area contributed by atoms with E-state index in [2.05, 4.69) is 4.74 Å². The summed E-state index contributed by atoms with van der Waals surface area (Å²) in [5.74, 6) is -0.561. The quantitative estimate of drug-likeness (QED) is 0.636. The molecule has 2 rings (SSSR count). The summed E-state index contributed by atoms with van der Waals surface area (Å²) in [7, 11) is 0. The zero-order valence-electron chi connectivity index (χ0n) is 7.24. The lowest BCUT2D eigenvalue weighted by Crippen LogP contribution is -1.90. The van der Waals surface area contributed by atoms with Crippen molar-refractivity contribution < 1.29 is 13.9 Å². The second kappa shape index (κ2) is 3.46. The molecule has 0 saturated heterocycles. The van der Waals surface area contributed by atoms with Gasteiger partial charge < -0.3 is 4.74 Å². The van der Waals surface area contributed by atoms with Crippen molar-refractivity contribution in [2.24, 2.45) is 0 Å². The summed E-state index contributed by atoms with van der Waals surface area (Å²) in [6.07, 6.45) is 1.57. The highest BCUT2D eigenvalue weighted by Crippen LogP contribution is 2.29. The third kappa shape index (κ3) is 1.44. The molecule has 0 unspecified atom stereocenters. The van der Waals surface area contributed by atoms with Crippen LogP contribution in [0.5, 0.6) is 0 Å². The van der Waals surface area contributed by atoms with E-state index in [1.165, 1.54) is 6.08 Å². The van der Waals surface area contributed by atoms with Crippen LogP contribution in [-0.4, -0.2) is 5.97 Å². The highest BCUT2D eigenvalue weighted by molar-refractivity contribution is 6.01. The van der Waals surface area contributed by atoms with Gasteiger partial charge in [0.15, 0.2) is 5.76 Å². The Hall–Kier alpha value is -1.90. The number of hydrogen-bond donors (Lipinski definition) is 0. The number of carbonyl (C=O) groups is 1. The second-order valence-electron chi connectivity index (χ2n) is 2.82. The number of cyclic esters (lactones) is 1. The first-order valence-electron chi connectivity index (χ1n) is 4.11. The van der Waals surface area contributed by atoms with Crippen LogP contribution in [-0.2, 0) is 9.53 Å². The van der Waals surface area contributed by atoms with E-state index in [9.17, 15) is 9.18 Å². The van der Waals surface area contributed by atoms with Gasteiger partial charge >= 0.3 is 5.97 Å². The largest absolute Gasteiger partial charge is 0.420 e. The van der Waals surface area contributed by atoms with Crippen LogP contribution in [0.1, 0.15) is 5.56 Å². The summed E-state index contributed by atoms with van der Waals surface area (Å²) in [4.78, 5) is 10.9. The number of hydrogen-bond acceptors (Lipinski definition) is 2. The SMILES string of the molecule is O=C1C=C(c2ccccc2)C(=CF)O1. The van der Waals surface area contributed by atoms with Crippen molar-refractivity contribution in [3.8, 4) is 0 Å². The Morgan fingerprint density at radius 3 is 2.57 bits per heavy atom. The van der Waals surface area contributed by atoms with Crippen LogP contribution in [0.3, 0.4) is 0 Å². The van der Waals surface area contributed by atoms with Crippen molar-refractivity contribution in [1.82, 2.24) is 0 Å². The number of ether oxygens (including phenoxy) is 1. The van der Waals surface area contributed by atoms with Gasteiger partial charge in [-0.25, -0.2) is 9.18 Å². The molecule has 2 nitrogen and oxygen atoms in total. The molecule has 0 aliphatic carbocycles. The minimum Gasteiger partial charge on any atom is -0.420 e. The number of allylic oxidation sites excluding steroid dienone is 1. The highest BCUT2D eigenvalue weighted by Gasteiger charge is 2.21. The van der Waals surface area contributed by atoms with Gasteiger partial charge in [0, 0.05) is 11.6 Å². The summed E-state index contributed by atoms with van der Waals surface area (Å²) in [5.41, 5.74) is 1.25. The Morgan fingerprint density at radius 1 is 1.21 bits per heavy atom. The molecule has 0 saturated carbocycles. The van der Waals surface area contributed by atoms with Crippen LogP contribution in [0.4, 0.5) is 4.39 Å². The first kappa shape index (κ1) is 8.69. The molecule has 0 radical (unpaired) electrons. The lowest BCUT2D eigenvalue weighted by Gasteiger charge is -2.01. The molecule has 1 heterocycles. The predicted octanol–water partition coefficient (Wildman–Crippen LogP) is 2.44. The molecule has 3 heteroatoms. The monoisotopic (exact) mass is 190 g/mol. The molecule has 0 N–H and O–H groups in total. The lowest BCUT2D eigenvalue weighted by atomic mass is 10.1. The van der Waals surface area contributed by atoms with Gasteiger partial charge in [-0.1, -0.05) is 30.3 Å². The molecule has 0 spiro atoms. The molecular weight excluding hydrogens is 183 g/mol. The topological polar surface area (TPSA) is 26.3 Å². The van der Waals surface area contributed by atoms with Gasteiger partial charge in [-0.2, -0.15) is 0 Å². The minimum absolute atomic E-state index is 0.0267. The zero-order chi connectivity index (χ0) is 9.97. The second-order valence-corrected chi connectivity index (χ2v) is 2.82. The molecule has 0 bridgehead atoms. The first-order valence-corrected chi connectivity index (χ1v) is 4.11. The average Bonchev–Trinajstić information content (AvgIpc) is 2.61. The molecule has 14 heavy (non-hydrogen) atoms. The predicted molar refractivity (Wildman–Crippen MR) is 49.7 cm³/mol. The third-order valence-electron chi connectivity index (χ3n) is 1.92. The van der Waals surface area contributed by atoms with E-state index in [-0.39, 0.29) is 5.76 Å². The summed E-state index contributed by atoms with van der Waals surface area (Å²) < 4.78 is 17.0. The van der Waals surface area contributed by atoms with Crippen molar-refractivity contribution in [3.05, 3.63) is 54.1 Å². The highest BCUT2D eigenvalue weighted by atomic mass is 19.1. The maximum Gasteiger partial charge on any atom is 0.337 e. The van der Waals surface area contributed by atoms with Crippen LogP contribution in [0.2, 0.25) is 0 Å². The van der Waals surface area contributed by atoms with Gasteiger partial charge in [0.2, 0.25) is 0 Å². The summed E-state index contributed by atoms with van der Waals surface area (Å²) in [5, 5.41) is 0. The fourth-order valence-electron chi connectivity index (χ4n) is 1.31. The van der Waals surface area contributed by atoms with Crippen molar-refractivity contribution >= 4 is 11.5 Å². The fraction of sp³-hybridized carbons (Fsp3) is 0. The van der Waals surface area contributed by atoms with Gasteiger partial charge in [0.05, 0.1) is 0 Å². The Morgan fingerprint density at radius 2 is 1.93 bits per heavy atom. The Bertz CT molecular complexity index is 418. The normalized spacial score (nSPS) is 18.2. The number of carbonyl (C=O) groups excluding carboxylic acids is 1. The Balaban J connectivity index is 2.44. The molecular formula is C11H7FO2. The fourth-order valence-corrected chi connectivity index (χ4v) is 1.31. The van der Waals surface area contributed by atoms with Crippen LogP contribution >= 0.6 is 0 Å². The van der Waals surface area contributed by atoms with E-state index in [0.717, 1.165) is 5.56 Å².